The van der Waals surface area contributed by atoms with Crippen LogP contribution in [-0.4, -0.2) is 68.5 Å². The summed E-state index contributed by atoms with van der Waals surface area (Å²) in [7, 11) is 5.14. The smallest absolute Gasteiger partial charge is 0.251 e. The Morgan fingerprint density at radius 1 is 1.02 bits per heavy atom. The average Bonchev–Trinajstić information content (AvgIpc) is 3.83. The first kappa shape index (κ1) is 30.5. The van der Waals surface area contributed by atoms with Gasteiger partial charge >= 0.3 is 0 Å². The highest BCUT2D eigenvalue weighted by molar-refractivity contribution is 6.31. The van der Waals surface area contributed by atoms with Crippen molar-refractivity contribution in [3.8, 4) is 5.75 Å². The van der Waals surface area contributed by atoms with Crippen LogP contribution < -0.4 is 15.6 Å². The summed E-state index contributed by atoms with van der Waals surface area (Å²) in [6, 6.07) is 13.9. The highest BCUT2D eigenvalue weighted by atomic mass is 35.5. The van der Waals surface area contributed by atoms with Crippen LogP contribution in [0.25, 0.3) is 10.9 Å². The van der Waals surface area contributed by atoms with Gasteiger partial charge in [-0.15, -0.1) is 0 Å². The van der Waals surface area contributed by atoms with Crippen LogP contribution in [0.3, 0.4) is 0 Å². The van der Waals surface area contributed by atoms with Crippen molar-refractivity contribution in [3.05, 3.63) is 74.5 Å². The standard InChI is InChI=1S/C33H42ClN3O5/c1-36-31-18-24(34)6-9-28(31)29(19-32(36)38)27-10-11-35-20-30(27)33(39)37(25-7-8-25)21-23-15-22(5-4-12-40-2)16-26(17-23)42-14-13-41-3/h6,9,15-19,25,27,30,35H,4-5,7-8,10-14,20-21H2,1-3H3/t27-,30+/m1/s1. The van der Waals surface area contributed by atoms with E-state index in [0.29, 0.717) is 37.9 Å². The molecule has 226 valence electrons. The molecule has 2 heterocycles. The number of aromatic nitrogens is 1. The lowest BCUT2D eigenvalue weighted by molar-refractivity contribution is -0.138. The number of methoxy groups -OCH3 is 2. The largest absolute Gasteiger partial charge is 0.491 e. The molecule has 9 heteroatoms. The Balaban J connectivity index is 1.44. The molecule has 1 aromatic heterocycles. The van der Waals surface area contributed by atoms with E-state index < -0.39 is 0 Å². The third-order valence-electron chi connectivity index (χ3n) is 8.46. The van der Waals surface area contributed by atoms with E-state index in [1.807, 2.05) is 24.3 Å². The highest BCUT2D eigenvalue weighted by Crippen LogP contribution is 2.38. The molecule has 2 aromatic carbocycles. The van der Waals surface area contributed by atoms with Crippen LogP contribution in [0, 0.1) is 5.92 Å². The molecule has 3 aromatic rings. The molecular formula is C33H42ClN3O5. The van der Waals surface area contributed by atoms with Crippen molar-refractivity contribution in [1.29, 1.82) is 0 Å². The number of fused-ring (bicyclic) bond motifs is 1. The SMILES string of the molecule is COCCCc1cc(CN(C(=O)[C@H]2CNCC[C@@H]2c2cc(=O)n(C)c3cc(Cl)ccc23)C2CC2)cc(OCCOC)c1. The van der Waals surface area contributed by atoms with E-state index in [2.05, 4.69) is 22.3 Å². The van der Waals surface area contributed by atoms with Gasteiger partial charge in [0.15, 0.2) is 0 Å². The second-order valence-corrected chi connectivity index (χ2v) is 11.9. The van der Waals surface area contributed by atoms with E-state index in [9.17, 15) is 9.59 Å². The lowest BCUT2D eigenvalue weighted by atomic mass is 9.79. The lowest BCUT2D eigenvalue weighted by Crippen LogP contribution is -2.47. The average molecular weight is 596 g/mol. The number of aryl methyl sites for hydroxylation is 2. The minimum atomic E-state index is -0.271. The maximum absolute atomic E-state index is 14.4. The molecule has 1 saturated heterocycles. The predicted molar refractivity (Wildman–Crippen MR) is 165 cm³/mol. The lowest BCUT2D eigenvalue weighted by Gasteiger charge is -2.36. The molecular weight excluding hydrogens is 554 g/mol. The zero-order valence-electron chi connectivity index (χ0n) is 24.9. The molecule has 2 aliphatic rings. The number of carbonyl (C=O) groups is 1. The number of piperidine rings is 1. The van der Waals surface area contributed by atoms with Crippen LogP contribution in [0.2, 0.25) is 5.02 Å². The van der Waals surface area contributed by atoms with Gasteiger partial charge in [0, 0.05) is 63.5 Å². The fraction of sp³-hybridized carbons (Fsp3) is 0.515. The van der Waals surface area contributed by atoms with Gasteiger partial charge in [0.1, 0.15) is 12.4 Å². The summed E-state index contributed by atoms with van der Waals surface area (Å²) in [6.45, 7) is 3.57. The Hall–Kier alpha value is -2.91. The first-order valence-electron chi connectivity index (χ1n) is 14.9. The summed E-state index contributed by atoms with van der Waals surface area (Å²) in [5.74, 6) is 0.602. The number of hydrogen-bond donors (Lipinski definition) is 1. The molecule has 2 fully saturated rings. The molecule has 1 aliphatic heterocycles. The van der Waals surface area contributed by atoms with E-state index in [1.54, 1.807) is 31.9 Å². The number of hydrogen-bond acceptors (Lipinski definition) is 6. The van der Waals surface area contributed by atoms with Crippen molar-refractivity contribution >= 4 is 28.4 Å². The third-order valence-corrected chi connectivity index (χ3v) is 8.70. The zero-order valence-corrected chi connectivity index (χ0v) is 25.6. The third kappa shape index (κ3) is 7.17. The van der Waals surface area contributed by atoms with E-state index in [1.165, 1.54) is 5.56 Å². The Labute approximate surface area is 252 Å². The molecule has 8 nitrogen and oxygen atoms in total. The van der Waals surface area contributed by atoms with Crippen LogP contribution in [0.4, 0.5) is 0 Å². The van der Waals surface area contributed by atoms with Gasteiger partial charge in [-0.2, -0.15) is 0 Å². The number of amides is 1. The maximum atomic E-state index is 14.4. The highest BCUT2D eigenvalue weighted by Gasteiger charge is 2.40. The summed E-state index contributed by atoms with van der Waals surface area (Å²) >= 11 is 6.31. The fourth-order valence-electron chi connectivity index (χ4n) is 6.14. The molecule has 0 unspecified atom stereocenters. The summed E-state index contributed by atoms with van der Waals surface area (Å²) < 4.78 is 18.1. The van der Waals surface area contributed by atoms with Crippen molar-refractivity contribution < 1.29 is 19.0 Å². The molecule has 1 aliphatic carbocycles. The summed E-state index contributed by atoms with van der Waals surface area (Å²) in [5.41, 5.74) is 3.87. The Bertz CT molecular complexity index is 1430. The van der Waals surface area contributed by atoms with Gasteiger partial charge in [-0.1, -0.05) is 23.7 Å². The first-order chi connectivity index (χ1) is 20.4. The minimum absolute atomic E-state index is 0.0640. The molecule has 2 atom stereocenters. The van der Waals surface area contributed by atoms with Gasteiger partial charge in [0.05, 0.1) is 18.0 Å². The van der Waals surface area contributed by atoms with Crippen molar-refractivity contribution in [3.63, 3.8) is 0 Å². The Morgan fingerprint density at radius 3 is 2.57 bits per heavy atom. The number of carbonyl (C=O) groups excluding carboxylic acids is 1. The number of halogens is 1. The topological polar surface area (TPSA) is 82.0 Å². The maximum Gasteiger partial charge on any atom is 0.251 e. The second kappa shape index (κ2) is 14.0. The van der Waals surface area contributed by atoms with Gasteiger partial charge in [-0.25, -0.2) is 0 Å². The molecule has 42 heavy (non-hydrogen) atoms. The number of benzene rings is 2. The molecule has 1 saturated carbocycles. The predicted octanol–water partition coefficient (Wildman–Crippen LogP) is 4.68. The van der Waals surface area contributed by atoms with Gasteiger partial charge in [0.2, 0.25) is 5.91 Å². The van der Waals surface area contributed by atoms with Crippen molar-refractivity contribution in [2.45, 2.75) is 50.6 Å². The normalized spacial score (nSPS) is 18.8. The summed E-state index contributed by atoms with van der Waals surface area (Å²) in [6.07, 6.45) is 4.58. The van der Waals surface area contributed by atoms with Crippen LogP contribution >= 0.6 is 11.6 Å². The second-order valence-electron chi connectivity index (χ2n) is 11.5. The minimum Gasteiger partial charge on any atom is -0.491 e. The van der Waals surface area contributed by atoms with Crippen LogP contribution in [0.5, 0.6) is 5.75 Å². The molecule has 1 N–H and O–H groups in total. The van der Waals surface area contributed by atoms with E-state index in [0.717, 1.165) is 66.4 Å². The molecule has 1 amide bonds. The van der Waals surface area contributed by atoms with Crippen molar-refractivity contribution in [1.82, 2.24) is 14.8 Å². The van der Waals surface area contributed by atoms with Crippen LogP contribution in [0.1, 0.15) is 48.3 Å². The zero-order chi connectivity index (χ0) is 29.6. The van der Waals surface area contributed by atoms with Crippen molar-refractivity contribution in [2.24, 2.45) is 13.0 Å². The number of nitrogens with zero attached hydrogens (tertiary/aromatic N) is 2. The van der Waals surface area contributed by atoms with E-state index >= 15 is 0 Å². The van der Waals surface area contributed by atoms with E-state index in [-0.39, 0.29) is 29.3 Å². The molecule has 0 radical (unpaired) electrons. The van der Waals surface area contributed by atoms with Gasteiger partial charge in [-0.3, -0.25) is 9.59 Å². The van der Waals surface area contributed by atoms with Crippen LogP contribution in [-0.2, 0) is 34.3 Å². The fourth-order valence-corrected chi connectivity index (χ4v) is 6.31. The van der Waals surface area contributed by atoms with Gasteiger partial charge in [-0.05, 0) is 85.5 Å². The number of ether oxygens (including phenoxy) is 3. The quantitative estimate of drug-likeness (QED) is 0.289. The van der Waals surface area contributed by atoms with Crippen molar-refractivity contribution in [2.75, 3.05) is 47.1 Å². The van der Waals surface area contributed by atoms with E-state index in [4.69, 9.17) is 25.8 Å². The first-order valence-corrected chi connectivity index (χ1v) is 15.3. The number of pyridine rings is 1. The molecule has 0 bridgehead atoms. The van der Waals surface area contributed by atoms with Crippen LogP contribution in [0.15, 0.2) is 47.3 Å². The summed E-state index contributed by atoms with van der Waals surface area (Å²) in [4.78, 5) is 29.5. The summed E-state index contributed by atoms with van der Waals surface area (Å²) in [5, 5.41) is 5.02. The Kier molecular flexibility index (Phi) is 10.2. The number of nitrogens with one attached hydrogen (secondary N) is 1. The molecule has 5 rings (SSSR count). The number of rotatable bonds is 13. The van der Waals surface area contributed by atoms with Gasteiger partial charge in [0.25, 0.3) is 5.56 Å². The molecule has 0 spiro atoms. The monoisotopic (exact) mass is 595 g/mol. The Morgan fingerprint density at radius 2 is 1.81 bits per heavy atom. The van der Waals surface area contributed by atoms with Gasteiger partial charge < -0.3 is 29.0 Å².